The predicted molar refractivity (Wildman–Crippen MR) is 81.0 cm³/mol. The van der Waals surface area contributed by atoms with Gasteiger partial charge in [0, 0.05) is 18.0 Å². The maximum Gasteiger partial charge on any atom is 0.253 e. The third-order valence-corrected chi connectivity index (χ3v) is 3.45. The SMILES string of the molecule is Cc1ccc2cccc(OCc3ccc(Cl)cc3)c2[nH+]1. The lowest BCUT2D eigenvalue weighted by molar-refractivity contribution is -0.355. The van der Waals surface area contributed by atoms with Gasteiger partial charge in [0.25, 0.3) is 5.52 Å². The van der Waals surface area contributed by atoms with Crippen molar-refractivity contribution in [2.45, 2.75) is 13.5 Å². The lowest BCUT2D eigenvalue weighted by Crippen LogP contribution is -2.09. The highest BCUT2D eigenvalue weighted by atomic mass is 35.5. The number of fused-ring (bicyclic) bond motifs is 1. The number of halogens is 1. The van der Waals surface area contributed by atoms with Gasteiger partial charge in [-0.05, 0) is 35.9 Å². The molecule has 0 bridgehead atoms. The van der Waals surface area contributed by atoms with Crippen LogP contribution in [0.15, 0.2) is 54.6 Å². The van der Waals surface area contributed by atoms with E-state index < -0.39 is 0 Å². The largest absolute Gasteiger partial charge is 0.482 e. The van der Waals surface area contributed by atoms with Gasteiger partial charge in [-0.15, -0.1) is 0 Å². The van der Waals surface area contributed by atoms with E-state index in [2.05, 4.69) is 23.2 Å². The molecule has 3 aromatic rings. The van der Waals surface area contributed by atoms with Gasteiger partial charge in [-0.1, -0.05) is 29.8 Å². The topological polar surface area (TPSA) is 23.4 Å². The summed E-state index contributed by atoms with van der Waals surface area (Å²) in [5, 5.41) is 1.88. The van der Waals surface area contributed by atoms with Crippen LogP contribution >= 0.6 is 11.6 Å². The molecule has 1 heterocycles. The van der Waals surface area contributed by atoms with Crippen LogP contribution in [0.3, 0.4) is 0 Å². The Morgan fingerprint density at radius 1 is 1.00 bits per heavy atom. The summed E-state index contributed by atoms with van der Waals surface area (Å²) in [6.45, 7) is 2.56. The van der Waals surface area contributed by atoms with Crippen LogP contribution in [0.5, 0.6) is 5.75 Å². The van der Waals surface area contributed by atoms with E-state index in [-0.39, 0.29) is 0 Å². The van der Waals surface area contributed by atoms with E-state index in [1.54, 1.807) is 0 Å². The molecular formula is C17H15ClNO+. The number of aromatic amines is 1. The third kappa shape index (κ3) is 2.75. The summed E-state index contributed by atoms with van der Waals surface area (Å²) in [6.07, 6.45) is 0. The lowest BCUT2D eigenvalue weighted by Gasteiger charge is -2.06. The summed E-state index contributed by atoms with van der Waals surface area (Å²) in [5.41, 5.74) is 3.24. The zero-order chi connectivity index (χ0) is 13.9. The Kier molecular flexibility index (Phi) is 3.57. The molecule has 20 heavy (non-hydrogen) atoms. The number of nitrogens with one attached hydrogen (secondary N) is 1. The molecule has 0 radical (unpaired) electrons. The molecule has 1 aromatic heterocycles. The number of H-pyrrole nitrogens is 1. The number of para-hydroxylation sites is 1. The Morgan fingerprint density at radius 3 is 2.60 bits per heavy atom. The fraction of sp³-hybridized carbons (Fsp3) is 0.118. The lowest BCUT2D eigenvalue weighted by atomic mass is 10.2. The van der Waals surface area contributed by atoms with Crippen molar-refractivity contribution in [1.82, 2.24) is 0 Å². The summed E-state index contributed by atoms with van der Waals surface area (Å²) < 4.78 is 5.93. The van der Waals surface area contributed by atoms with Crippen molar-refractivity contribution < 1.29 is 9.72 Å². The Hall–Kier alpha value is -2.06. The molecule has 3 rings (SSSR count). The van der Waals surface area contributed by atoms with Gasteiger partial charge in [-0.3, -0.25) is 0 Å². The first-order valence-corrected chi connectivity index (χ1v) is 6.89. The monoisotopic (exact) mass is 284 g/mol. The van der Waals surface area contributed by atoms with Crippen LogP contribution in [-0.2, 0) is 6.61 Å². The van der Waals surface area contributed by atoms with E-state index in [0.29, 0.717) is 6.61 Å². The molecule has 0 saturated heterocycles. The van der Waals surface area contributed by atoms with E-state index in [0.717, 1.165) is 32.9 Å². The van der Waals surface area contributed by atoms with E-state index in [9.17, 15) is 0 Å². The highest BCUT2D eigenvalue weighted by Gasteiger charge is 2.09. The van der Waals surface area contributed by atoms with Crippen LogP contribution in [0.25, 0.3) is 10.9 Å². The standard InChI is InChI=1S/C17H14ClNO/c1-12-5-8-14-3-2-4-16(17(14)19-12)20-11-13-6-9-15(18)10-7-13/h2-10H,11H2,1H3/p+1. The van der Waals surface area contributed by atoms with E-state index in [4.69, 9.17) is 16.3 Å². The minimum absolute atomic E-state index is 0.526. The van der Waals surface area contributed by atoms with Gasteiger partial charge in [-0.25, -0.2) is 4.98 Å². The summed E-state index contributed by atoms with van der Waals surface area (Å²) in [7, 11) is 0. The number of benzene rings is 2. The van der Waals surface area contributed by atoms with Crippen LogP contribution < -0.4 is 9.72 Å². The van der Waals surface area contributed by atoms with E-state index in [1.165, 1.54) is 0 Å². The molecule has 1 N–H and O–H groups in total. The molecule has 0 saturated carbocycles. The molecule has 2 nitrogen and oxygen atoms in total. The fourth-order valence-electron chi connectivity index (χ4n) is 2.14. The van der Waals surface area contributed by atoms with E-state index >= 15 is 0 Å². The van der Waals surface area contributed by atoms with Gasteiger partial charge in [0.05, 0.1) is 5.39 Å². The van der Waals surface area contributed by atoms with Crippen LogP contribution in [0.2, 0.25) is 5.02 Å². The van der Waals surface area contributed by atoms with Crippen molar-refractivity contribution in [2.24, 2.45) is 0 Å². The van der Waals surface area contributed by atoms with Gasteiger partial charge in [0.15, 0.2) is 11.4 Å². The summed E-state index contributed by atoms with van der Waals surface area (Å²) >= 11 is 5.88. The smallest absolute Gasteiger partial charge is 0.253 e. The number of rotatable bonds is 3. The van der Waals surface area contributed by atoms with Gasteiger partial charge < -0.3 is 4.74 Å². The normalized spacial score (nSPS) is 10.7. The number of aromatic nitrogens is 1. The second-order valence-corrected chi connectivity index (χ2v) is 5.21. The maximum atomic E-state index is 5.93. The van der Waals surface area contributed by atoms with Crippen molar-refractivity contribution >= 4 is 22.5 Å². The molecule has 0 aliphatic carbocycles. The van der Waals surface area contributed by atoms with Crippen LogP contribution in [0.1, 0.15) is 11.3 Å². The van der Waals surface area contributed by atoms with Crippen molar-refractivity contribution in [3.63, 3.8) is 0 Å². The number of pyridine rings is 1. The van der Waals surface area contributed by atoms with Gasteiger partial charge in [0.1, 0.15) is 6.61 Å². The molecule has 0 aliphatic heterocycles. The van der Waals surface area contributed by atoms with Gasteiger partial charge in [0.2, 0.25) is 0 Å². The molecular weight excluding hydrogens is 270 g/mol. The molecule has 100 valence electrons. The van der Waals surface area contributed by atoms with Crippen molar-refractivity contribution in [2.75, 3.05) is 0 Å². The van der Waals surface area contributed by atoms with Crippen LogP contribution in [0, 0.1) is 6.92 Å². The zero-order valence-corrected chi connectivity index (χ0v) is 11.9. The molecule has 0 amide bonds. The zero-order valence-electron chi connectivity index (χ0n) is 11.2. The third-order valence-electron chi connectivity index (χ3n) is 3.20. The summed E-state index contributed by atoms with van der Waals surface area (Å²) in [5.74, 6) is 0.862. The number of hydrogen-bond acceptors (Lipinski definition) is 1. The highest BCUT2D eigenvalue weighted by molar-refractivity contribution is 6.30. The molecule has 0 unspecified atom stereocenters. The molecule has 0 fully saturated rings. The highest BCUT2D eigenvalue weighted by Crippen LogP contribution is 2.22. The van der Waals surface area contributed by atoms with Gasteiger partial charge in [-0.2, -0.15) is 0 Å². The molecule has 0 aliphatic rings. The second kappa shape index (κ2) is 5.51. The molecule has 0 atom stereocenters. The summed E-state index contributed by atoms with van der Waals surface area (Å²) in [4.78, 5) is 3.36. The second-order valence-electron chi connectivity index (χ2n) is 4.78. The van der Waals surface area contributed by atoms with Crippen molar-refractivity contribution in [3.05, 3.63) is 70.9 Å². The molecule has 0 spiro atoms. The number of aryl methyl sites for hydroxylation is 1. The van der Waals surface area contributed by atoms with Crippen molar-refractivity contribution in [1.29, 1.82) is 0 Å². The Morgan fingerprint density at radius 2 is 1.80 bits per heavy atom. The minimum Gasteiger partial charge on any atom is -0.482 e. The maximum absolute atomic E-state index is 5.93. The summed E-state index contributed by atoms with van der Waals surface area (Å²) in [6, 6.07) is 17.9. The first-order chi connectivity index (χ1) is 9.72. The predicted octanol–water partition coefficient (Wildman–Crippen LogP) is 4.19. The van der Waals surface area contributed by atoms with Crippen LogP contribution in [0.4, 0.5) is 0 Å². The Labute approximate surface area is 123 Å². The van der Waals surface area contributed by atoms with Crippen LogP contribution in [-0.4, -0.2) is 0 Å². The molecule has 2 aromatic carbocycles. The number of hydrogen-bond donors (Lipinski definition) is 0. The quantitative estimate of drug-likeness (QED) is 0.707. The average molecular weight is 285 g/mol. The van der Waals surface area contributed by atoms with Crippen molar-refractivity contribution in [3.8, 4) is 5.75 Å². The molecule has 3 heteroatoms. The first kappa shape index (κ1) is 12.9. The first-order valence-electron chi connectivity index (χ1n) is 6.51. The number of ether oxygens (including phenoxy) is 1. The average Bonchev–Trinajstić information content (AvgIpc) is 2.47. The Balaban J connectivity index is 1.87. The van der Waals surface area contributed by atoms with E-state index in [1.807, 2.05) is 43.3 Å². The van der Waals surface area contributed by atoms with Gasteiger partial charge >= 0.3 is 0 Å². The fourth-order valence-corrected chi connectivity index (χ4v) is 2.26. The Bertz CT molecular complexity index is 738. The minimum atomic E-state index is 0.526.